The molecule has 0 bridgehead atoms. The molecule has 21 heteroatoms. The smallest absolute Gasteiger partial charge is 0.390 e. The maximum absolute atomic E-state index is 12.0. The molecule has 180 valence electrons. The number of hydrogen-bond acceptors (Lipinski definition) is 12. The summed E-state index contributed by atoms with van der Waals surface area (Å²) < 4.78 is 53.1. The standard InChI is InChI=1S/C11H17ClN5O12P3/c12-2-11(3-26-31(22,23)29-32(24,25)28-30(19,20)21)6(18)1-7(27-11)17-5-16-8-9(13)14-4-15-10(8)17/h4-7,18H,1-3H2,(H,22,23)(H,24,25)(H2,13,14,15)(H2,19,20,21). The van der Waals surface area contributed by atoms with E-state index in [1.165, 1.54) is 17.2 Å². The molecule has 5 atom stereocenters. The van der Waals surface area contributed by atoms with Crippen molar-refractivity contribution in [1.82, 2.24) is 19.5 Å². The van der Waals surface area contributed by atoms with Crippen molar-refractivity contribution in [2.75, 3.05) is 18.2 Å². The number of nitrogens with two attached hydrogens (primary N) is 1. The van der Waals surface area contributed by atoms with E-state index in [1.807, 2.05) is 0 Å². The number of rotatable bonds is 9. The molecule has 0 amide bonds. The lowest BCUT2D eigenvalue weighted by atomic mass is 10.0. The van der Waals surface area contributed by atoms with Gasteiger partial charge in [-0.1, -0.05) is 0 Å². The van der Waals surface area contributed by atoms with Crippen molar-refractivity contribution in [2.24, 2.45) is 0 Å². The summed E-state index contributed by atoms with van der Waals surface area (Å²) in [6.45, 7) is -0.929. The fourth-order valence-electron chi connectivity index (χ4n) is 2.84. The lowest BCUT2D eigenvalue weighted by molar-refractivity contribution is -0.110. The van der Waals surface area contributed by atoms with Crippen molar-refractivity contribution < 1.29 is 56.3 Å². The molecule has 3 heterocycles. The van der Waals surface area contributed by atoms with Crippen molar-refractivity contribution in [1.29, 1.82) is 0 Å². The summed E-state index contributed by atoms with van der Waals surface area (Å²) in [5.74, 6) is -0.368. The summed E-state index contributed by atoms with van der Waals surface area (Å²) in [6.07, 6.45) is 0.119. The molecular weight excluding hydrogens is 523 g/mol. The number of alkyl halides is 1. The van der Waals surface area contributed by atoms with Gasteiger partial charge in [0.15, 0.2) is 11.5 Å². The Morgan fingerprint density at radius 2 is 1.88 bits per heavy atom. The highest BCUT2D eigenvalue weighted by Crippen LogP contribution is 2.66. The second kappa shape index (κ2) is 8.96. The fourth-order valence-corrected chi connectivity index (χ4v) is 6.23. The summed E-state index contributed by atoms with van der Waals surface area (Å²) in [5, 5.41) is 10.5. The van der Waals surface area contributed by atoms with Crippen LogP contribution in [0.4, 0.5) is 5.82 Å². The lowest BCUT2D eigenvalue weighted by Gasteiger charge is -2.30. The average molecular weight is 540 g/mol. The second-order valence-corrected chi connectivity index (χ2v) is 11.2. The van der Waals surface area contributed by atoms with Gasteiger partial charge in [-0.15, -0.1) is 11.6 Å². The molecular formula is C11H17ClN5O12P3. The van der Waals surface area contributed by atoms with Gasteiger partial charge in [0.05, 0.1) is 24.9 Å². The van der Waals surface area contributed by atoms with E-state index in [-0.39, 0.29) is 23.4 Å². The van der Waals surface area contributed by atoms with Gasteiger partial charge in [-0.2, -0.15) is 8.62 Å². The molecule has 17 nitrogen and oxygen atoms in total. The molecule has 1 saturated heterocycles. The lowest BCUT2D eigenvalue weighted by Crippen LogP contribution is -2.45. The van der Waals surface area contributed by atoms with E-state index < -0.39 is 53.9 Å². The Balaban J connectivity index is 1.75. The highest BCUT2D eigenvalue weighted by Gasteiger charge is 2.51. The van der Waals surface area contributed by atoms with Crippen molar-refractivity contribution >= 4 is 52.1 Å². The number of halogens is 1. The largest absolute Gasteiger partial charge is 0.490 e. The number of anilines is 1. The van der Waals surface area contributed by atoms with Crippen LogP contribution in [0.1, 0.15) is 12.6 Å². The van der Waals surface area contributed by atoms with E-state index >= 15 is 0 Å². The number of nitrogens with zero attached hydrogens (tertiary/aromatic N) is 4. The van der Waals surface area contributed by atoms with Crippen LogP contribution in [0.25, 0.3) is 11.2 Å². The third kappa shape index (κ3) is 5.72. The van der Waals surface area contributed by atoms with Crippen LogP contribution < -0.4 is 5.73 Å². The molecule has 0 saturated carbocycles. The Morgan fingerprint density at radius 3 is 2.50 bits per heavy atom. The molecule has 32 heavy (non-hydrogen) atoms. The summed E-state index contributed by atoms with van der Waals surface area (Å²) in [4.78, 5) is 47.9. The van der Waals surface area contributed by atoms with Crippen LogP contribution in [-0.4, -0.2) is 68.4 Å². The third-order valence-electron chi connectivity index (χ3n) is 4.21. The molecule has 0 radical (unpaired) electrons. The predicted molar refractivity (Wildman–Crippen MR) is 104 cm³/mol. The first-order valence-corrected chi connectivity index (χ1v) is 13.4. The third-order valence-corrected chi connectivity index (χ3v) is 8.45. The molecule has 5 unspecified atom stereocenters. The van der Waals surface area contributed by atoms with Gasteiger partial charge in [0, 0.05) is 6.42 Å². The summed E-state index contributed by atoms with van der Waals surface area (Å²) in [6, 6.07) is 0. The van der Waals surface area contributed by atoms with Gasteiger partial charge in [-0.3, -0.25) is 9.09 Å². The summed E-state index contributed by atoms with van der Waals surface area (Å²) in [7, 11) is -16.7. The number of aliphatic hydroxyl groups excluding tert-OH is 1. The number of imidazole rings is 1. The predicted octanol–water partition coefficient (Wildman–Crippen LogP) is 0.00920. The maximum Gasteiger partial charge on any atom is 0.490 e. The minimum atomic E-state index is -5.70. The Bertz CT molecular complexity index is 1140. The van der Waals surface area contributed by atoms with Crippen molar-refractivity contribution in [3.05, 3.63) is 12.7 Å². The summed E-state index contributed by atoms with van der Waals surface area (Å²) >= 11 is 5.90. The van der Waals surface area contributed by atoms with Crippen molar-refractivity contribution in [3.8, 4) is 0 Å². The topological polar surface area (TPSA) is 259 Å². The van der Waals surface area contributed by atoms with Gasteiger partial charge >= 0.3 is 23.5 Å². The molecule has 7 N–H and O–H groups in total. The van der Waals surface area contributed by atoms with Crippen LogP contribution in [0, 0.1) is 0 Å². The number of aliphatic hydroxyl groups is 1. The van der Waals surface area contributed by atoms with Crippen LogP contribution in [0.15, 0.2) is 12.7 Å². The molecule has 1 aliphatic rings. The Kier molecular flexibility index (Phi) is 7.17. The van der Waals surface area contributed by atoms with E-state index in [1.54, 1.807) is 0 Å². The number of ether oxygens (including phenoxy) is 1. The monoisotopic (exact) mass is 539 g/mol. The number of aromatic nitrogens is 4. The molecule has 1 fully saturated rings. The van der Waals surface area contributed by atoms with Crippen molar-refractivity contribution in [2.45, 2.75) is 24.4 Å². The van der Waals surface area contributed by atoms with Gasteiger partial charge in [0.2, 0.25) is 0 Å². The van der Waals surface area contributed by atoms with Crippen LogP contribution >= 0.6 is 35.1 Å². The van der Waals surface area contributed by atoms with Crippen molar-refractivity contribution in [3.63, 3.8) is 0 Å². The number of phosphoric ester groups is 1. The highest BCUT2D eigenvalue weighted by molar-refractivity contribution is 7.66. The van der Waals surface area contributed by atoms with E-state index in [2.05, 4.69) is 28.1 Å². The molecule has 0 aliphatic carbocycles. The average Bonchev–Trinajstić information content (AvgIpc) is 3.19. The zero-order valence-corrected chi connectivity index (χ0v) is 19.0. The molecule has 0 spiro atoms. The second-order valence-electron chi connectivity index (χ2n) is 6.47. The maximum atomic E-state index is 12.0. The highest BCUT2D eigenvalue weighted by atomic mass is 35.5. The fraction of sp³-hybridized carbons (Fsp3) is 0.545. The van der Waals surface area contributed by atoms with E-state index in [0.717, 1.165) is 0 Å². The van der Waals surface area contributed by atoms with E-state index in [9.17, 15) is 28.6 Å². The zero-order valence-electron chi connectivity index (χ0n) is 15.6. The van der Waals surface area contributed by atoms with Crippen LogP contribution in [-0.2, 0) is 31.6 Å². The van der Waals surface area contributed by atoms with Gasteiger partial charge in [0.25, 0.3) is 0 Å². The number of fused-ring (bicyclic) bond motifs is 1. The van der Waals surface area contributed by atoms with E-state index in [4.69, 9.17) is 31.9 Å². The molecule has 3 rings (SSSR count). The Morgan fingerprint density at radius 1 is 1.19 bits per heavy atom. The molecule has 2 aromatic rings. The van der Waals surface area contributed by atoms with Gasteiger partial charge in [-0.05, 0) is 0 Å². The number of phosphoric acid groups is 3. The Hall–Kier alpha value is -1.03. The zero-order chi connectivity index (χ0) is 23.9. The first kappa shape index (κ1) is 25.6. The van der Waals surface area contributed by atoms with E-state index in [0.29, 0.717) is 0 Å². The quantitative estimate of drug-likeness (QED) is 0.181. The molecule has 1 aliphatic heterocycles. The van der Waals surface area contributed by atoms with Gasteiger partial charge in [-0.25, -0.2) is 28.6 Å². The van der Waals surface area contributed by atoms with Gasteiger partial charge in [0.1, 0.15) is 23.7 Å². The van der Waals surface area contributed by atoms with Crippen LogP contribution in [0.5, 0.6) is 0 Å². The minimum absolute atomic E-state index is 0.0954. The first-order chi connectivity index (χ1) is 14.7. The molecule has 0 aromatic carbocycles. The SMILES string of the molecule is Nc1ncnc2c1ncn2C1CC(O)C(CCl)(COP(=O)(O)OP(=O)(O)OP(=O)(O)O)O1. The normalized spacial score (nSPS) is 27.9. The van der Waals surface area contributed by atoms with Crippen LogP contribution in [0.3, 0.4) is 0 Å². The minimum Gasteiger partial charge on any atom is -0.390 e. The first-order valence-electron chi connectivity index (χ1n) is 8.30. The van der Waals surface area contributed by atoms with Gasteiger partial charge < -0.3 is 35.2 Å². The van der Waals surface area contributed by atoms with Crippen LogP contribution in [0.2, 0.25) is 0 Å². The molecule has 2 aromatic heterocycles. The Labute approximate surface area is 183 Å². The number of hydrogen-bond donors (Lipinski definition) is 6. The summed E-state index contributed by atoms with van der Waals surface area (Å²) in [5.41, 5.74) is 4.46. The number of nitrogen functional groups attached to an aromatic ring is 1.